The van der Waals surface area contributed by atoms with Crippen molar-refractivity contribution in [2.45, 2.75) is 38.1 Å². The van der Waals surface area contributed by atoms with Crippen molar-refractivity contribution in [2.75, 3.05) is 0 Å². The molecule has 1 aliphatic carbocycles. The highest BCUT2D eigenvalue weighted by atomic mass is 19.1. The summed E-state index contributed by atoms with van der Waals surface area (Å²) >= 11 is 0. The van der Waals surface area contributed by atoms with Crippen LogP contribution in [0.5, 0.6) is 0 Å². The zero-order chi connectivity index (χ0) is 15.6. The largest absolute Gasteiger partial charge is 0.480 e. The molecule has 1 fully saturated rings. The molecule has 6 heteroatoms. The maximum absolute atomic E-state index is 13.6. The predicted molar refractivity (Wildman–Crippen MR) is 71.8 cm³/mol. The molecule has 1 aliphatic rings. The summed E-state index contributed by atoms with van der Waals surface area (Å²) in [6.45, 7) is 2.02. The third-order valence-corrected chi connectivity index (χ3v) is 4.07. The molecule has 0 bridgehead atoms. The number of aliphatic carboxylic acids is 1. The van der Waals surface area contributed by atoms with Gasteiger partial charge in [0.2, 0.25) is 0 Å². The third-order valence-electron chi connectivity index (χ3n) is 4.07. The molecule has 0 spiro atoms. The molecule has 1 aromatic rings. The van der Waals surface area contributed by atoms with Crippen molar-refractivity contribution in [1.82, 2.24) is 5.32 Å². The summed E-state index contributed by atoms with van der Waals surface area (Å²) in [6, 6.07) is 2.58. The molecular formula is C15H17F2NO3. The second-order valence-electron chi connectivity index (χ2n) is 5.65. The van der Waals surface area contributed by atoms with E-state index < -0.39 is 29.0 Å². The molecule has 0 radical (unpaired) electrons. The SMILES string of the molecule is CC1CCC(NC(=O)c2ccc(F)cc2F)(C(=O)O)CC1. The van der Waals surface area contributed by atoms with Crippen molar-refractivity contribution in [3.05, 3.63) is 35.4 Å². The maximum Gasteiger partial charge on any atom is 0.329 e. The number of carboxylic acids is 1. The number of halogens is 2. The Hall–Kier alpha value is -1.98. The van der Waals surface area contributed by atoms with Crippen molar-refractivity contribution in [2.24, 2.45) is 5.92 Å². The molecule has 21 heavy (non-hydrogen) atoms. The molecule has 2 N–H and O–H groups in total. The summed E-state index contributed by atoms with van der Waals surface area (Å²) in [4.78, 5) is 23.6. The Kier molecular flexibility index (Phi) is 4.25. The van der Waals surface area contributed by atoms with Gasteiger partial charge >= 0.3 is 5.97 Å². The van der Waals surface area contributed by atoms with E-state index >= 15 is 0 Å². The monoisotopic (exact) mass is 297 g/mol. The first-order chi connectivity index (χ1) is 9.84. The quantitative estimate of drug-likeness (QED) is 0.901. The normalized spacial score (nSPS) is 25.4. The van der Waals surface area contributed by atoms with E-state index in [-0.39, 0.29) is 5.56 Å². The minimum Gasteiger partial charge on any atom is -0.480 e. The van der Waals surface area contributed by atoms with Gasteiger partial charge in [0, 0.05) is 6.07 Å². The number of amides is 1. The highest BCUT2D eigenvalue weighted by Crippen LogP contribution is 2.32. The van der Waals surface area contributed by atoms with Crippen LogP contribution in [0, 0.1) is 17.6 Å². The lowest BCUT2D eigenvalue weighted by atomic mass is 9.77. The van der Waals surface area contributed by atoms with Crippen LogP contribution >= 0.6 is 0 Å². The lowest BCUT2D eigenvalue weighted by molar-refractivity contribution is -0.146. The number of carbonyl (C=O) groups excluding carboxylic acids is 1. The molecule has 0 aromatic heterocycles. The Morgan fingerprint density at radius 2 is 1.90 bits per heavy atom. The van der Waals surface area contributed by atoms with E-state index in [1.54, 1.807) is 0 Å². The number of rotatable bonds is 3. The number of carbonyl (C=O) groups is 2. The van der Waals surface area contributed by atoms with Crippen molar-refractivity contribution >= 4 is 11.9 Å². The lowest BCUT2D eigenvalue weighted by Gasteiger charge is -2.36. The average Bonchev–Trinajstić information content (AvgIpc) is 2.41. The van der Waals surface area contributed by atoms with Crippen LogP contribution in [-0.4, -0.2) is 22.5 Å². The Balaban J connectivity index is 2.21. The summed E-state index contributed by atoms with van der Waals surface area (Å²) < 4.78 is 26.4. The summed E-state index contributed by atoms with van der Waals surface area (Å²) in [7, 11) is 0. The van der Waals surface area contributed by atoms with Gasteiger partial charge in [0.05, 0.1) is 5.56 Å². The highest BCUT2D eigenvalue weighted by molar-refractivity contribution is 5.98. The highest BCUT2D eigenvalue weighted by Gasteiger charge is 2.42. The van der Waals surface area contributed by atoms with Crippen LogP contribution in [0.25, 0.3) is 0 Å². The number of nitrogens with one attached hydrogen (secondary N) is 1. The summed E-state index contributed by atoms with van der Waals surface area (Å²) in [5.74, 6) is -3.34. The van der Waals surface area contributed by atoms with Crippen LogP contribution < -0.4 is 5.32 Å². The van der Waals surface area contributed by atoms with Gasteiger partial charge in [0.15, 0.2) is 0 Å². The van der Waals surface area contributed by atoms with Crippen LogP contribution in [0.3, 0.4) is 0 Å². The van der Waals surface area contributed by atoms with Gasteiger partial charge in [-0.15, -0.1) is 0 Å². The van der Waals surface area contributed by atoms with Crippen LogP contribution in [0.4, 0.5) is 8.78 Å². The minimum absolute atomic E-state index is 0.304. The molecule has 0 saturated heterocycles. The van der Waals surface area contributed by atoms with E-state index in [0.717, 1.165) is 12.1 Å². The van der Waals surface area contributed by atoms with Gasteiger partial charge in [-0.05, 0) is 43.7 Å². The molecule has 1 saturated carbocycles. The standard InChI is InChI=1S/C15H17F2NO3/c1-9-4-6-15(7-5-9,14(20)21)18-13(19)11-3-2-10(16)8-12(11)17/h2-3,8-9H,4-7H2,1H3,(H,18,19)(H,20,21). The van der Waals surface area contributed by atoms with Crippen molar-refractivity contribution in [3.8, 4) is 0 Å². The van der Waals surface area contributed by atoms with Crippen LogP contribution in [-0.2, 0) is 4.79 Å². The molecule has 2 rings (SSSR count). The second kappa shape index (κ2) is 5.79. The van der Waals surface area contributed by atoms with Crippen molar-refractivity contribution < 1.29 is 23.5 Å². The van der Waals surface area contributed by atoms with Gasteiger partial charge in [0.1, 0.15) is 17.2 Å². The Morgan fingerprint density at radius 3 is 2.43 bits per heavy atom. The molecule has 0 unspecified atom stereocenters. The molecule has 0 aliphatic heterocycles. The third kappa shape index (κ3) is 3.20. The first-order valence-electron chi connectivity index (χ1n) is 6.85. The maximum atomic E-state index is 13.6. The van der Waals surface area contributed by atoms with E-state index in [0.29, 0.717) is 37.7 Å². The zero-order valence-electron chi connectivity index (χ0n) is 11.7. The Labute approximate surface area is 121 Å². The topological polar surface area (TPSA) is 66.4 Å². The van der Waals surface area contributed by atoms with Gasteiger partial charge in [-0.2, -0.15) is 0 Å². The van der Waals surface area contributed by atoms with Gasteiger partial charge in [-0.1, -0.05) is 6.92 Å². The van der Waals surface area contributed by atoms with Gasteiger partial charge in [-0.3, -0.25) is 4.79 Å². The summed E-state index contributed by atoms with van der Waals surface area (Å²) in [5.41, 5.74) is -1.72. The second-order valence-corrected chi connectivity index (χ2v) is 5.65. The molecular weight excluding hydrogens is 280 g/mol. The van der Waals surface area contributed by atoms with Crippen LogP contribution in [0.1, 0.15) is 43.0 Å². The number of hydrogen-bond acceptors (Lipinski definition) is 2. The number of benzene rings is 1. The lowest BCUT2D eigenvalue weighted by Crippen LogP contribution is -2.56. The van der Waals surface area contributed by atoms with E-state index in [1.165, 1.54) is 0 Å². The molecule has 0 atom stereocenters. The smallest absolute Gasteiger partial charge is 0.329 e. The van der Waals surface area contributed by atoms with E-state index in [2.05, 4.69) is 5.32 Å². The first-order valence-corrected chi connectivity index (χ1v) is 6.85. The van der Waals surface area contributed by atoms with Crippen LogP contribution in [0.15, 0.2) is 18.2 Å². The van der Waals surface area contributed by atoms with E-state index in [9.17, 15) is 23.5 Å². The van der Waals surface area contributed by atoms with Gasteiger partial charge in [0.25, 0.3) is 5.91 Å². The molecule has 114 valence electrons. The Bertz CT molecular complexity index is 566. The summed E-state index contributed by atoms with van der Waals surface area (Å²) in [6.07, 6.45) is 1.97. The van der Waals surface area contributed by atoms with Gasteiger partial charge in [-0.25, -0.2) is 13.6 Å². The van der Waals surface area contributed by atoms with Crippen molar-refractivity contribution in [3.63, 3.8) is 0 Å². The first kappa shape index (κ1) is 15.4. The fourth-order valence-electron chi connectivity index (χ4n) is 2.61. The average molecular weight is 297 g/mol. The molecule has 0 heterocycles. The Morgan fingerprint density at radius 1 is 1.29 bits per heavy atom. The van der Waals surface area contributed by atoms with Gasteiger partial charge < -0.3 is 10.4 Å². The number of hydrogen-bond donors (Lipinski definition) is 2. The van der Waals surface area contributed by atoms with E-state index in [4.69, 9.17) is 0 Å². The minimum atomic E-state index is -1.37. The molecule has 4 nitrogen and oxygen atoms in total. The van der Waals surface area contributed by atoms with Crippen molar-refractivity contribution in [1.29, 1.82) is 0 Å². The number of carboxylic acid groups (broad SMARTS) is 1. The molecule has 1 amide bonds. The van der Waals surface area contributed by atoms with E-state index in [1.807, 2.05) is 6.92 Å². The van der Waals surface area contributed by atoms with Crippen LogP contribution in [0.2, 0.25) is 0 Å². The zero-order valence-corrected chi connectivity index (χ0v) is 11.7. The predicted octanol–water partition coefficient (Wildman–Crippen LogP) is 2.73. The summed E-state index contributed by atoms with van der Waals surface area (Å²) in [5, 5.41) is 11.8. The fraction of sp³-hybridized carbons (Fsp3) is 0.467. The fourth-order valence-corrected chi connectivity index (χ4v) is 2.61. The molecule has 1 aromatic carbocycles.